The smallest absolute Gasteiger partial charge is 0.320 e. The summed E-state index contributed by atoms with van der Waals surface area (Å²) >= 11 is 10.7. The number of rotatable bonds is 7. The van der Waals surface area contributed by atoms with Crippen LogP contribution >= 0.6 is 38.9 Å². The first-order valence-electron chi connectivity index (χ1n) is 5.44. The Labute approximate surface area is 118 Å². The van der Waals surface area contributed by atoms with Crippen LogP contribution in [0.2, 0.25) is 4.34 Å². The van der Waals surface area contributed by atoms with Crippen molar-refractivity contribution in [1.82, 2.24) is 5.32 Å². The normalized spacial score (nSPS) is 12.6. The van der Waals surface area contributed by atoms with E-state index in [0.717, 1.165) is 22.2 Å². The summed E-state index contributed by atoms with van der Waals surface area (Å²) in [6, 6.07) is 1.44. The number of carboxylic acid groups (broad SMARTS) is 1. The average molecular weight is 341 g/mol. The Bertz CT molecular complexity index is 364. The molecule has 1 atom stereocenters. The molecule has 0 aliphatic rings. The number of nitrogens with one attached hydrogen (secondary N) is 1. The summed E-state index contributed by atoms with van der Waals surface area (Å²) in [5.74, 6) is -0.792. The van der Waals surface area contributed by atoms with Crippen molar-refractivity contribution in [2.45, 2.75) is 38.8 Å². The number of carboxylic acids is 1. The summed E-state index contributed by atoms with van der Waals surface area (Å²) in [6.45, 7) is 2.59. The number of halogens is 2. The SMILES string of the molecule is CCCCC(NCc1cc(Br)c(Cl)s1)C(=O)O. The fraction of sp³-hybridized carbons (Fsp3) is 0.545. The Balaban J connectivity index is 2.48. The monoisotopic (exact) mass is 339 g/mol. The van der Waals surface area contributed by atoms with Gasteiger partial charge in [-0.15, -0.1) is 11.3 Å². The molecule has 6 heteroatoms. The van der Waals surface area contributed by atoms with E-state index in [1.54, 1.807) is 0 Å². The molecular formula is C11H15BrClNO2S. The van der Waals surface area contributed by atoms with Crippen LogP contribution in [-0.2, 0) is 11.3 Å². The third kappa shape index (κ3) is 4.95. The van der Waals surface area contributed by atoms with Crippen LogP contribution in [0.25, 0.3) is 0 Å². The molecule has 3 nitrogen and oxygen atoms in total. The van der Waals surface area contributed by atoms with E-state index in [-0.39, 0.29) is 0 Å². The number of carbonyl (C=O) groups is 1. The summed E-state index contributed by atoms with van der Waals surface area (Å²) in [7, 11) is 0. The minimum atomic E-state index is -0.792. The maximum atomic E-state index is 11.0. The van der Waals surface area contributed by atoms with E-state index in [0.29, 0.717) is 17.3 Å². The zero-order valence-corrected chi connectivity index (χ0v) is 12.7. The average Bonchev–Trinajstić information content (AvgIpc) is 2.58. The van der Waals surface area contributed by atoms with Crippen LogP contribution in [0.15, 0.2) is 10.5 Å². The van der Waals surface area contributed by atoms with Gasteiger partial charge >= 0.3 is 5.97 Å². The van der Waals surface area contributed by atoms with Gasteiger partial charge in [-0.3, -0.25) is 10.1 Å². The van der Waals surface area contributed by atoms with Crippen LogP contribution < -0.4 is 5.32 Å². The molecule has 0 spiro atoms. The molecule has 1 rings (SSSR count). The molecule has 1 unspecified atom stereocenters. The molecule has 1 heterocycles. The van der Waals surface area contributed by atoms with Crippen molar-refractivity contribution < 1.29 is 9.90 Å². The highest BCUT2D eigenvalue weighted by Crippen LogP contribution is 2.31. The van der Waals surface area contributed by atoms with Crippen LogP contribution in [0.5, 0.6) is 0 Å². The highest BCUT2D eigenvalue weighted by Gasteiger charge is 2.16. The first kappa shape index (κ1) is 15.0. The van der Waals surface area contributed by atoms with E-state index >= 15 is 0 Å². The Morgan fingerprint density at radius 1 is 1.71 bits per heavy atom. The van der Waals surface area contributed by atoms with Gasteiger partial charge in [0.05, 0.1) is 0 Å². The van der Waals surface area contributed by atoms with Crippen molar-refractivity contribution in [1.29, 1.82) is 0 Å². The summed E-state index contributed by atoms with van der Waals surface area (Å²) in [5, 5.41) is 12.1. The van der Waals surface area contributed by atoms with Crippen molar-refractivity contribution in [2.24, 2.45) is 0 Å². The zero-order chi connectivity index (χ0) is 12.8. The molecule has 1 aromatic rings. The number of hydrogen-bond donors (Lipinski definition) is 2. The van der Waals surface area contributed by atoms with Crippen LogP contribution in [0.4, 0.5) is 0 Å². The van der Waals surface area contributed by atoms with Gasteiger partial charge in [0.25, 0.3) is 0 Å². The van der Waals surface area contributed by atoms with Gasteiger partial charge in [0, 0.05) is 15.9 Å². The molecule has 0 bridgehead atoms. The van der Waals surface area contributed by atoms with E-state index in [2.05, 4.69) is 28.2 Å². The lowest BCUT2D eigenvalue weighted by Crippen LogP contribution is -2.35. The standard InChI is InChI=1S/C11H15BrClNO2S/c1-2-3-4-9(11(15)16)14-6-7-5-8(12)10(13)17-7/h5,9,14H,2-4,6H2,1H3,(H,15,16). The fourth-order valence-corrected chi connectivity index (χ4v) is 3.16. The molecule has 0 aromatic carbocycles. The molecule has 0 radical (unpaired) electrons. The van der Waals surface area contributed by atoms with Crippen molar-refractivity contribution in [3.05, 3.63) is 19.8 Å². The van der Waals surface area contributed by atoms with Gasteiger partial charge in [-0.1, -0.05) is 31.4 Å². The predicted molar refractivity (Wildman–Crippen MR) is 74.8 cm³/mol. The summed E-state index contributed by atoms with van der Waals surface area (Å²) < 4.78 is 1.56. The summed E-state index contributed by atoms with van der Waals surface area (Å²) in [5.41, 5.74) is 0. The lowest BCUT2D eigenvalue weighted by molar-refractivity contribution is -0.139. The fourth-order valence-electron chi connectivity index (χ4n) is 1.42. The third-order valence-corrected chi connectivity index (χ3v) is 4.84. The Hall–Kier alpha value is -0.100. The van der Waals surface area contributed by atoms with Gasteiger partial charge in [-0.05, 0) is 28.4 Å². The maximum absolute atomic E-state index is 11.0. The molecule has 96 valence electrons. The zero-order valence-electron chi connectivity index (χ0n) is 9.50. The molecule has 0 aliphatic carbocycles. The number of thiophene rings is 1. The minimum Gasteiger partial charge on any atom is -0.480 e. The van der Waals surface area contributed by atoms with Crippen molar-refractivity contribution >= 4 is 44.8 Å². The molecule has 0 amide bonds. The molecule has 0 saturated carbocycles. The van der Waals surface area contributed by atoms with Gasteiger partial charge in [0.15, 0.2) is 0 Å². The van der Waals surface area contributed by atoms with Gasteiger partial charge < -0.3 is 5.11 Å². The van der Waals surface area contributed by atoms with Gasteiger partial charge in [0.2, 0.25) is 0 Å². The second-order valence-corrected chi connectivity index (χ2v) is 6.34. The lowest BCUT2D eigenvalue weighted by Gasteiger charge is -2.12. The summed E-state index contributed by atoms with van der Waals surface area (Å²) in [6.07, 6.45) is 2.58. The van der Waals surface area contributed by atoms with Gasteiger partial charge in [-0.25, -0.2) is 0 Å². The molecule has 0 aliphatic heterocycles. The lowest BCUT2D eigenvalue weighted by atomic mass is 10.1. The van der Waals surface area contributed by atoms with Gasteiger partial charge in [-0.2, -0.15) is 0 Å². The highest BCUT2D eigenvalue weighted by molar-refractivity contribution is 9.10. The Morgan fingerprint density at radius 2 is 2.41 bits per heavy atom. The largest absolute Gasteiger partial charge is 0.480 e. The summed E-state index contributed by atoms with van der Waals surface area (Å²) in [4.78, 5) is 12.0. The molecule has 0 fully saturated rings. The second-order valence-electron chi connectivity index (χ2n) is 3.75. The van der Waals surface area contributed by atoms with E-state index in [4.69, 9.17) is 16.7 Å². The van der Waals surface area contributed by atoms with E-state index < -0.39 is 12.0 Å². The van der Waals surface area contributed by atoms with Gasteiger partial charge in [0.1, 0.15) is 10.4 Å². The maximum Gasteiger partial charge on any atom is 0.320 e. The topological polar surface area (TPSA) is 49.3 Å². The number of hydrogen-bond acceptors (Lipinski definition) is 3. The van der Waals surface area contributed by atoms with Crippen molar-refractivity contribution in [3.8, 4) is 0 Å². The first-order chi connectivity index (χ1) is 8.04. The highest BCUT2D eigenvalue weighted by atomic mass is 79.9. The van der Waals surface area contributed by atoms with E-state index in [9.17, 15) is 4.79 Å². The first-order valence-corrected chi connectivity index (χ1v) is 7.43. The molecular weight excluding hydrogens is 326 g/mol. The predicted octanol–water partition coefficient (Wildman–Crippen LogP) is 3.90. The number of aliphatic carboxylic acids is 1. The Morgan fingerprint density at radius 3 is 2.88 bits per heavy atom. The van der Waals surface area contributed by atoms with E-state index in [1.165, 1.54) is 11.3 Å². The Kier molecular flexibility index (Phi) is 6.48. The number of unbranched alkanes of at least 4 members (excludes halogenated alkanes) is 1. The third-order valence-electron chi connectivity index (χ3n) is 2.36. The van der Waals surface area contributed by atoms with Crippen LogP contribution in [-0.4, -0.2) is 17.1 Å². The molecule has 2 N–H and O–H groups in total. The van der Waals surface area contributed by atoms with E-state index in [1.807, 2.05) is 6.07 Å². The minimum absolute atomic E-state index is 0.477. The molecule has 17 heavy (non-hydrogen) atoms. The van der Waals surface area contributed by atoms with Crippen LogP contribution in [0.3, 0.4) is 0 Å². The van der Waals surface area contributed by atoms with Crippen molar-refractivity contribution in [2.75, 3.05) is 0 Å². The molecule has 0 saturated heterocycles. The molecule has 1 aromatic heterocycles. The quantitative estimate of drug-likeness (QED) is 0.791. The second kappa shape index (κ2) is 7.36. The van der Waals surface area contributed by atoms with Crippen molar-refractivity contribution in [3.63, 3.8) is 0 Å². The van der Waals surface area contributed by atoms with Crippen LogP contribution in [0, 0.1) is 0 Å². The van der Waals surface area contributed by atoms with Crippen LogP contribution in [0.1, 0.15) is 31.1 Å².